The number of nitrogens with two attached hydrogens (primary N) is 1. The summed E-state index contributed by atoms with van der Waals surface area (Å²) in [6.45, 7) is 0. The van der Waals surface area contributed by atoms with Crippen LogP contribution in [-0.4, -0.2) is 15.3 Å². The van der Waals surface area contributed by atoms with Crippen LogP contribution in [0.25, 0.3) is 0 Å². The summed E-state index contributed by atoms with van der Waals surface area (Å²) in [6, 6.07) is 4.83. The number of hydrogen-bond donors (Lipinski definition) is 3. The average Bonchev–Trinajstić information content (AvgIpc) is 2.75. The quantitative estimate of drug-likeness (QED) is 0.801. The minimum Gasteiger partial charge on any atom is -0.388 e. The number of H-pyrrole nitrogens is 1. The molecule has 0 aliphatic rings. The Balaban J connectivity index is 2.18. The summed E-state index contributed by atoms with van der Waals surface area (Å²) in [5.74, 6) is 0.208. The summed E-state index contributed by atoms with van der Waals surface area (Å²) in [4.78, 5) is 0. The fraction of sp³-hybridized carbons (Fsp3) is 0.250. The molecule has 7 heteroatoms. The second kappa shape index (κ2) is 4.93. The first kappa shape index (κ1) is 13.4. The maximum absolute atomic E-state index is 12.5. The van der Waals surface area contributed by atoms with Gasteiger partial charge in [0.05, 0.1) is 17.9 Å². The van der Waals surface area contributed by atoms with Gasteiger partial charge in [0, 0.05) is 12.0 Å². The Labute approximate surface area is 107 Å². The summed E-state index contributed by atoms with van der Waals surface area (Å²) in [7, 11) is 0. The van der Waals surface area contributed by atoms with E-state index in [1.807, 2.05) is 0 Å². The number of aliphatic hydroxyl groups is 1. The maximum atomic E-state index is 12.5. The van der Waals surface area contributed by atoms with Crippen molar-refractivity contribution in [2.75, 3.05) is 5.73 Å². The fourth-order valence-corrected chi connectivity index (χ4v) is 1.78. The highest BCUT2D eigenvalue weighted by Crippen LogP contribution is 2.30. The van der Waals surface area contributed by atoms with E-state index in [0.29, 0.717) is 11.1 Å². The van der Waals surface area contributed by atoms with E-state index in [9.17, 15) is 18.3 Å². The molecule has 0 aliphatic heterocycles. The van der Waals surface area contributed by atoms with Gasteiger partial charge in [-0.05, 0) is 11.6 Å². The van der Waals surface area contributed by atoms with Gasteiger partial charge in [0.2, 0.25) is 0 Å². The molecule has 19 heavy (non-hydrogen) atoms. The van der Waals surface area contributed by atoms with E-state index in [2.05, 4.69) is 10.2 Å². The highest BCUT2D eigenvalue weighted by atomic mass is 19.4. The molecule has 1 unspecified atom stereocenters. The topological polar surface area (TPSA) is 74.9 Å². The van der Waals surface area contributed by atoms with Gasteiger partial charge in [0.25, 0.3) is 0 Å². The van der Waals surface area contributed by atoms with E-state index in [-0.39, 0.29) is 12.2 Å². The van der Waals surface area contributed by atoms with Crippen LogP contribution in [0.4, 0.5) is 19.0 Å². The zero-order valence-corrected chi connectivity index (χ0v) is 9.78. The summed E-state index contributed by atoms with van der Waals surface area (Å²) < 4.78 is 37.6. The molecule has 0 saturated heterocycles. The molecule has 0 saturated carbocycles. The molecule has 1 aromatic heterocycles. The SMILES string of the molecule is Nc1[nH]ncc1C(O)Cc1cccc(C(F)(F)F)c1. The van der Waals surface area contributed by atoms with Crippen LogP contribution in [0.3, 0.4) is 0 Å². The highest BCUT2D eigenvalue weighted by Gasteiger charge is 2.30. The molecule has 4 N–H and O–H groups in total. The van der Waals surface area contributed by atoms with E-state index in [0.717, 1.165) is 12.1 Å². The molecule has 4 nitrogen and oxygen atoms in total. The van der Waals surface area contributed by atoms with Gasteiger partial charge in [-0.3, -0.25) is 5.10 Å². The van der Waals surface area contributed by atoms with Crippen LogP contribution in [-0.2, 0) is 12.6 Å². The zero-order valence-electron chi connectivity index (χ0n) is 9.78. The normalized spacial score (nSPS) is 13.5. The van der Waals surface area contributed by atoms with Crippen LogP contribution < -0.4 is 5.73 Å². The van der Waals surface area contributed by atoms with Crippen molar-refractivity contribution in [1.29, 1.82) is 0 Å². The predicted molar refractivity (Wildman–Crippen MR) is 63.1 cm³/mol. The van der Waals surface area contributed by atoms with Gasteiger partial charge in [-0.1, -0.05) is 18.2 Å². The minimum atomic E-state index is -4.39. The zero-order chi connectivity index (χ0) is 14.0. The molecule has 0 radical (unpaired) electrons. The first-order valence-corrected chi connectivity index (χ1v) is 5.51. The van der Waals surface area contributed by atoms with Gasteiger partial charge < -0.3 is 10.8 Å². The standard InChI is InChI=1S/C12H12F3N3O/c13-12(14,15)8-3-1-2-7(4-8)5-10(19)9-6-17-18-11(9)16/h1-4,6,10,19H,5H2,(H3,16,17,18). The second-order valence-corrected chi connectivity index (χ2v) is 4.16. The number of aromatic amines is 1. The number of aromatic nitrogens is 2. The number of benzene rings is 1. The molecular formula is C12H12F3N3O. The van der Waals surface area contributed by atoms with Crippen molar-refractivity contribution in [1.82, 2.24) is 10.2 Å². The summed E-state index contributed by atoms with van der Waals surface area (Å²) in [5.41, 5.74) is 5.55. The first-order chi connectivity index (χ1) is 8.88. The summed E-state index contributed by atoms with van der Waals surface area (Å²) in [5, 5.41) is 16.0. The Hall–Kier alpha value is -2.02. The highest BCUT2D eigenvalue weighted by molar-refractivity contribution is 5.39. The second-order valence-electron chi connectivity index (χ2n) is 4.16. The average molecular weight is 271 g/mol. The molecule has 0 amide bonds. The number of anilines is 1. The Morgan fingerprint density at radius 2 is 2.11 bits per heavy atom. The number of hydrogen-bond acceptors (Lipinski definition) is 3. The Kier molecular flexibility index (Phi) is 3.48. The van der Waals surface area contributed by atoms with Gasteiger partial charge in [-0.25, -0.2) is 0 Å². The number of nitrogens with one attached hydrogen (secondary N) is 1. The van der Waals surface area contributed by atoms with Crippen molar-refractivity contribution in [3.63, 3.8) is 0 Å². The van der Waals surface area contributed by atoms with Crippen LogP contribution in [0.2, 0.25) is 0 Å². The van der Waals surface area contributed by atoms with E-state index in [4.69, 9.17) is 5.73 Å². The molecule has 2 rings (SSSR count). The van der Waals surface area contributed by atoms with Crippen molar-refractivity contribution >= 4 is 5.82 Å². The van der Waals surface area contributed by atoms with Crippen molar-refractivity contribution in [3.8, 4) is 0 Å². The largest absolute Gasteiger partial charge is 0.416 e. The molecule has 1 heterocycles. The van der Waals surface area contributed by atoms with Gasteiger partial charge >= 0.3 is 6.18 Å². The van der Waals surface area contributed by atoms with Crippen molar-refractivity contribution < 1.29 is 18.3 Å². The van der Waals surface area contributed by atoms with E-state index in [1.54, 1.807) is 0 Å². The van der Waals surface area contributed by atoms with Crippen LogP contribution in [0.1, 0.15) is 22.8 Å². The molecule has 0 fully saturated rings. The molecular weight excluding hydrogens is 259 g/mol. The third kappa shape index (κ3) is 3.05. The first-order valence-electron chi connectivity index (χ1n) is 5.51. The number of aliphatic hydroxyl groups excluding tert-OH is 1. The monoisotopic (exact) mass is 271 g/mol. The van der Waals surface area contributed by atoms with Gasteiger partial charge in [0.15, 0.2) is 0 Å². The number of alkyl halides is 3. The molecule has 2 aromatic rings. The van der Waals surface area contributed by atoms with Gasteiger partial charge in [-0.2, -0.15) is 18.3 Å². The number of rotatable bonds is 3. The smallest absolute Gasteiger partial charge is 0.388 e. The third-order valence-corrected chi connectivity index (χ3v) is 2.74. The van der Waals surface area contributed by atoms with Gasteiger partial charge in [-0.15, -0.1) is 0 Å². The fourth-order valence-electron chi connectivity index (χ4n) is 1.78. The number of halogens is 3. The van der Waals surface area contributed by atoms with Crippen molar-refractivity contribution in [2.24, 2.45) is 0 Å². The lowest BCUT2D eigenvalue weighted by Gasteiger charge is -2.12. The number of nitrogen functional groups attached to an aromatic ring is 1. The van der Waals surface area contributed by atoms with Crippen LogP contribution >= 0.6 is 0 Å². The van der Waals surface area contributed by atoms with Crippen molar-refractivity contribution in [3.05, 3.63) is 47.2 Å². The minimum absolute atomic E-state index is 0.0354. The predicted octanol–water partition coefficient (Wildman–Crippen LogP) is 2.29. The molecule has 1 aromatic carbocycles. The van der Waals surface area contributed by atoms with Crippen molar-refractivity contribution in [2.45, 2.75) is 18.7 Å². The van der Waals surface area contributed by atoms with E-state index in [1.165, 1.54) is 18.3 Å². The van der Waals surface area contributed by atoms with Crippen LogP contribution in [0.5, 0.6) is 0 Å². The molecule has 102 valence electrons. The van der Waals surface area contributed by atoms with Gasteiger partial charge in [0.1, 0.15) is 5.82 Å². The molecule has 1 atom stereocenters. The lowest BCUT2D eigenvalue weighted by atomic mass is 10.0. The van der Waals surface area contributed by atoms with E-state index < -0.39 is 17.8 Å². The Bertz CT molecular complexity index is 565. The van der Waals surface area contributed by atoms with E-state index >= 15 is 0 Å². The number of nitrogens with zero attached hydrogens (tertiary/aromatic N) is 1. The lowest BCUT2D eigenvalue weighted by molar-refractivity contribution is -0.137. The molecule has 0 bridgehead atoms. The molecule has 0 spiro atoms. The third-order valence-electron chi connectivity index (χ3n) is 2.74. The Morgan fingerprint density at radius 3 is 2.68 bits per heavy atom. The lowest BCUT2D eigenvalue weighted by Crippen LogP contribution is -2.07. The summed E-state index contributed by atoms with van der Waals surface area (Å²) >= 11 is 0. The van der Waals surface area contributed by atoms with Crippen LogP contribution in [0.15, 0.2) is 30.5 Å². The summed E-state index contributed by atoms with van der Waals surface area (Å²) in [6.07, 6.45) is -4.00. The van der Waals surface area contributed by atoms with Crippen LogP contribution in [0, 0.1) is 0 Å². The Morgan fingerprint density at radius 1 is 1.37 bits per heavy atom. The molecule has 0 aliphatic carbocycles. The maximum Gasteiger partial charge on any atom is 0.416 e.